The molecular weight excluding hydrogens is 276 g/mol. The van der Waals surface area contributed by atoms with Crippen molar-refractivity contribution in [3.05, 3.63) is 42.2 Å². The van der Waals surface area contributed by atoms with E-state index in [2.05, 4.69) is 16.9 Å². The molecule has 0 saturated carbocycles. The fourth-order valence-electron chi connectivity index (χ4n) is 2.28. The van der Waals surface area contributed by atoms with E-state index >= 15 is 0 Å². The molecule has 1 unspecified atom stereocenters. The largest absolute Gasteiger partial charge is 0.490 e. The molecule has 4 heteroatoms. The molecule has 1 heterocycles. The van der Waals surface area contributed by atoms with Crippen molar-refractivity contribution in [1.29, 1.82) is 0 Å². The number of nitrogens with zero attached hydrogens (tertiary/aromatic N) is 2. The third-order valence-electron chi connectivity index (χ3n) is 3.59. The number of hydrogen-bond donors (Lipinski definition) is 1. The van der Waals surface area contributed by atoms with Crippen LogP contribution < -0.4 is 4.74 Å². The minimum absolute atomic E-state index is 0.496. The summed E-state index contributed by atoms with van der Waals surface area (Å²) in [6.45, 7) is 4.82. The first kappa shape index (κ1) is 16.4. The van der Waals surface area contributed by atoms with Gasteiger partial charge in [-0.1, -0.05) is 51.0 Å². The maximum Gasteiger partial charge on any atom is 0.159 e. The average molecular weight is 300 g/mol. The average Bonchev–Trinajstić information content (AvgIpc) is 2.58. The van der Waals surface area contributed by atoms with E-state index in [0.29, 0.717) is 24.6 Å². The molecule has 0 aliphatic carbocycles. The Morgan fingerprint density at radius 3 is 2.50 bits per heavy atom. The van der Waals surface area contributed by atoms with Crippen LogP contribution in [0.3, 0.4) is 0 Å². The highest BCUT2D eigenvalue weighted by Crippen LogP contribution is 2.27. The zero-order valence-electron chi connectivity index (χ0n) is 13.3. The van der Waals surface area contributed by atoms with E-state index in [1.165, 1.54) is 12.8 Å². The van der Waals surface area contributed by atoms with Crippen molar-refractivity contribution in [3.63, 3.8) is 0 Å². The summed E-state index contributed by atoms with van der Waals surface area (Å²) in [5, 5.41) is 10.1. The molecule has 1 aromatic carbocycles. The second kappa shape index (κ2) is 8.49. The standard InChI is InChI=1S/C18H24N2O2/c1-3-5-8-11-22-14-12-19-18(20-13-14)16-10-7-6-9-15(16)17(21)4-2/h6-7,9-10,12-13,17,21H,3-5,8,11H2,1-2H3. The fraction of sp³-hybridized carbons (Fsp3) is 0.444. The molecule has 2 aromatic rings. The van der Waals surface area contributed by atoms with Crippen molar-refractivity contribution >= 4 is 0 Å². The van der Waals surface area contributed by atoms with Crippen molar-refractivity contribution in [1.82, 2.24) is 9.97 Å². The van der Waals surface area contributed by atoms with Gasteiger partial charge >= 0.3 is 0 Å². The SMILES string of the molecule is CCCCCOc1cnc(-c2ccccc2C(O)CC)nc1. The number of hydrogen-bond acceptors (Lipinski definition) is 4. The normalized spacial score (nSPS) is 12.1. The zero-order chi connectivity index (χ0) is 15.8. The zero-order valence-corrected chi connectivity index (χ0v) is 13.3. The highest BCUT2D eigenvalue weighted by Gasteiger charge is 2.13. The number of benzene rings is 1. The lowest BCUT2D eigenvalue weighted by Gasteiger charge is -2.13. The van der Waals surface area contributed by atoms with Crippen molar-refractivity contribution in [2.75, 3.05) is 6.61 Å². The number of aliphatic hydroxyl groups is 1. The second-order valence-electron chi connectivity index (χ2n) is 5.31. The van der Waals surface area contributed by atoms with Crippen LogP contribution in [0.25, 0.3) is 11.4 Å². The van der Waals surface area contributed by atoms with Crippen LogP contribution in [0.2, 0.25) is 0 Å². The van der Waals surface area contributed by atoms with E-state index in [-0.39, 0.29) is 0 Å². The van der Waals surface area contributed by atoms with Gasteiger partial charge in [0.05, 0.1) is 25.1 Å². The Labute approximate surface area is 132 Å². The highest BCUT2D eigenvalue weighted by atomic mass is 16.5. The summed E-state index contributed by atoms with van der Waals surface area (Å²) >= 11 is 0. The van der Waals surface area contributed by atoms with Gasteiger partial charge in [-0.25, -0.2) is 9.97 Å². The lowest BCUT2D eigenvalue weighted by Crippen LogP contribution is -2.01. The van der Waals surface area contributed by atoms with Crippen LogP contribution in [0, 0.1) is 0 Å². The number of aliphatic hydroxyl groups excluding tert-OH is 1. The highest BCUT2D eigenvalue weighted by molar-refractivity contribution is 5.60. The van der Waals surface area contributed by atoms with Gasteiger partial charge in [-0.05, 0) is 18.4 Å². The third-order valence-corrected chi connectivity index (χ3v) is 3.59. The lowest BCUT2D eigenvalue weighted by atomic mass is 10.0. The first-order valence-electron chi connectivity index (χ1n) is 7.98. The van der Waals surface area contributed by atoms with E-state index in [4.69, 9.17) is 4.74 Å². The maximum atomic E-state index is 10.1. The van der Waals surface area contributed by atoms with Gasteiger partial charge in [-0.2, -0.15) is 0 Å². The third kappa shape index (κ3) is 4.28. The van der Waals surface area contributed by atoms with Crippen molar-refractivity contribution in [2.24, 2.45) is 0 Å². The molecule has 0 saturated heterocycles. The second-order valence-corrected chi connectivity index (χ2v) is 5.31. The Kier molecular flexibility index (Phi) is 6.34. The van der Waals surface area contributed by atoms with Gasteiger partial charge in [0.15, 0.2) is 11.6 Å². The molecule has 0 bridgehead atoms. The molecule has 0 amide bonds. The van der Waals surface area contributed by atoms with E-state index in [9.17, 15) is 5.11 Å². The van der Waals surface area contributed by atoms with Gasteiger partial charge in [0, 0.05) is 5.56 Å². The summed E-state index contributed by atoms with van der Waals surface area (Å²) in [5.74, 6) is 1.30. The summed E-state index contributed by atoms with van der Waals surface area (Å²) < 4.78 is 5.62. The van der Waals surface area contributed by atoms with Gasteiger partial charge in [0.1, 0.15) is 0 Å². The number of ether oxygens (including phenoxy) is 1. The topological polar surface area (TPSA) is 55.2 Å². The van der Waals surface area contributed by atoms with Crippen LogP contribution in [0.1, 0.15) is 51.2 Å². The number of aromatic nitrogens is 2. The maximum absolute atomic E-state index is 10.1. The summed E-state index contributed by atoms with van der Waals surface area (Å²) in [4.78, 5) is 8.76. The van der Waals surface area contributed by atoms with Gasteiger partial charge < -0.3 is 9.84 Å². The van der Waals surface area contributed by atoms with Crippen molar-refractivity contribution < 1.29 is 9.84 Å². The van der Waals surface area contributed by atoms with Crippen LogP contribution in [-0.4, -0.2) is 21.7 Å². The first-order valence-corrected chi connectivity index (χ1v) is 7.98. The molecule has 22 heavy (non-hydrogen) atoms. The molecule has 4 nitrogen and oxygen atoms in total. The van der Waals surface area contributed by atoms with Crippen LogP contribution >= 0.6 is 0 Å². The molecule has 0 aliphatic rings. The Balaban J connectivity index is 2.10. The van der Waals surface area contributed by atoms with Crippen LogP contribution in [0.4, 0.5) is 0 Å². The summed E-state index contributed by atoms with van der Waals surface area (Å²) in [5.41, 5.74) is 1.73. The molecule has 0 fully saturated rings. The number of unbranched alkanes of at least 4 members (excludes halogenated alkanes) is 2. The van der Waals surface area contributed by atoms with E-state index in [1.54, 1.807) is 12.4 Å². The first-order chi connectivity index (χ1) is 10.8. The Bertz CT molecular complexity index is 570. The Morgan fingerprint density at radius 1 is 1.09 bits per heavy atom. The van der Waals surface area contributed by atoms with E-state index in [1.807, 2.05) is 31.2 Å². The lowest BCUT2D eigenvalue weighted by molar-refractivity contribution is 0.174. The predicted molar refractivity (Wildman–Crippen MR) is 87.7 cm³/mol. The molecule has 2 rings (SSSR count). The predicted octanol–water partition coefficient (Wildman–Crippen LogP) is 4.16. The minimum atomic E-state index is -0.496. The van der Waals surface area contributed by atoms with Crippen molar-refractivity contribution in [3.8, 4) is 17.1 Å². The Hall–Kier alpha value is -1.94. The van der Waals surface area contributed by atoms with Crippen LogP contribution in [-0.2, 0) is 0 Å². The fourth-order valence-corrected chi connectivity index (χ4v) is 2.28. The molecule has 118 valence electrons. The molecule has 0 aliphatic heterocycles. The summed E-state index contributed by atoms with van der Waals surface area (Å²) in [7, 11) is 0. The van der Waals surface area contributed by atoms with Crippen LogP contribution in [0.5, 0.6) is 5.75 Å². The molecule has 1 atom stereocenters. The Morgan fingerprint density at radius 2 is 1.82 bits per heavy atom. The monoisotopic (exact) mass is 300 g/mol. The van der Waals surface area contributed by atoms with E-state index in [0.717, 1.165) is 17.5 Å². The molecular formula is C18H24N2O2. The van der Waals surface area contributed by atoms with Gasteiger partial charge in [-0.3, -0.25) is 0 Å². The summed E-state index contributed by atoms with van der Waals surface area (Å²) in [6.07, 6.45) is 6.95. The van der Waals surface area contributed by atoms with Gasteiger partial charge in [0.25, 0.3) is 0 Å². The molecule has 1 N–H and O–H groups in total. The van der Waals surface area contributed by atoms with Gasteiger partial charge in [0.2, 0.25) is 0 Å². The number of rotatable bonds is 8. The molecule has 0 radical (unpaired) electrons. The minimum Gasteiger partial charge on any atom is -0.490 e. The van der Waals surface area contributed by atoms with E-state index < -0.39 is 6.10 Å². The summed E-state index contributed by atoms with van der Waals surface area (Å²) in [6, 6.07) is 7.70. The smallest absolute Gasteiger partial charge is 0.159 e. The van der Waals surface area contributed by atoms with Crippen LogP contribution in [0.15, 0.2) is 36.7 Å². The molecule has 0 spiro atoms. The van der Waals surface area contributed by atoms with Gasteiger partial charge in [-0.15, -0.1) is 0 Å². The quantitative estimate of drug-likeness (QED) is 0.744. The van der Waals surface area contributed by atoms with Crippen molar-refractivity contribution in [2.45, 2.75) is 45.6 Å². The molecule has 1 aromatic heterocycles.